The van der Waals surface area contributed by atoms with Crippen molar-refractivity contribution in [1.82, 2.24) is 0 Å². The second-order valence-corrected chi connectivity index (χ2v) is 3.01. The minimum atomic E-state index is -0.339. The molecule has 1 saturated heterocycles. The topological polar surface area (TPSA) is 48.2 Å². The molecule has 0 saturated carbocycles. The van der Waals surface area contributed by atoms with Crippen molar-refractivity contribution in [1.29, 1.82) is 0 Å². The first-order valence-electron chi connectivity index (χ1n) is 4.11. The molecule has 3 nitrogen and oxygen atoms in total. The van der Waals surface area contributed by atoms with Gasteiger partial charge in [-0.15, -0.1) is 0 Å². The second kappa shape index (κ2) is 5.18. The van der Waals surface area contributed by atoms with E-state index in [0.29, 0.717) is 0 Å². The van der Waals surface area contributed by atoms with Crippen molar-refractivity contribution in [2.45, 2.75) is 12.3 Å². The number of imide groups is 1. The van der Waals surface area contributed by atoms with Gasteiger partial charge in [0.15, 0.2) is 0 Å². The maximum atomic E-state index is 11.2. The molecule has 1 atom stereocenters. The third-order valence-electron chi connectivity index (χ3n) is 2.11. The van der Waals surface area contributed by atoms with Crippen LogP contribution in [0.3, 0.4) is 0 Å². The normalized spacial score (nSPS) is 20.1. The van der Waals surface area contributed by atoms with Crippen LogP contribution in [-0.2, 0) is 9.59 Å². The third kappa shape index (κ3) is 2.52. The summed E-state index contributed by atoms with van der Waals surface area (Å²) >= 11 is 0. The Balaban J connectivity index is 0.000000980. The molecule has 1 aliphatic rings. The van der Waals surface area contributed by atoms with Crippen molar-refractivity contribution in [3.63, 3.8) is 0 Å². The van der Waals surface area contributed by atoms with Crippen LogP contribution in [0.2, 0.25) is 0 Å². The monoisotopic (exact) mass is 213 g/mol. The van der Waals surface area contributed by atoms with Crippen LogP contribution < -0.4 is 51.4 Å². The zero-order valence-corrected chi connectivity index (χ0v) is 11.1. The molecule has 4 heteroatoms. The van der Waals surface area contributed by atoms with Crippen molar-refractivity contribution in [2.75, 3.05) is 0 Å². The summed E-state index contributed by atoms with van der Waals surface area (Å²) < 4.78 is 0. The number of hydrogen-bond donors (Lipinski definition) is 0. The van der Waals surface area contributed by atoms with Gasteiger partial charge in [0.1, 0.15) is 0 Å². The van der Waals surface area contributed by atoms with Crippen LogP contribution in [0, 0.1) is 0 Å². The average Bonchev–Trinajstić information content (AvgIpc) is 2.47. The molecular formula is C10H8KNO2. The van der Waals surface area contributed by atoms with E-state index in [2.05, 4.69) is 5.32 Å². The first-order valence-corrected chi connectivity index (χ1v) is 4.11. The van der Waals surface area contributed by atoms with E-state index < -0.39 is 0 Å². The Labute approximate surface area is 125 Å². The number of nitrogens with zero attached hydrogens (tertiary/aromatic N) is 1. The van der Waals surface area contributed by atoms with Crippen molar-refractivity contribution in [3.8, 4) is 0 Å². The van der Waals surface area contributed by atoms with Gasteiger partial charge in [-0.3, -0.25) is 0 Å². The average molecular weight is 213 g/mol. The van der Waals surface area contributed by atoms with Gasteiger partial charge in [-0.25, -0.2) is 0 Å². The Morgan fingerprint density at radius 3 is 2.29 bits per heavy atom. The summed E-state index contributed by atoms with van der Waals surface area (Å²) in [6.45, 7) is 0. The summed E-state index contributed by atoms with van der Waals surface area (Å²) in [6, 6.07) is 9.27. The van der Waals surface area contributed by atoms with Crippen LogP contribution in [0.1, 0.15) is 17.9 Å². The molecule has 1 aromatic carbocycles. The number of rotatable bonds is 1. The third-order valence-corrected chi connectivity index (χ3v) is 2.11. The molecule has 1 unspecified atom stereocenters. The first-order chi connectivity index (χ1) is 6.27. The van der Waals surface area contributed by atoms with E-state index in [-0.39, 0.29) is 75.5 Å². The van der Waals surface area contributed by atoms with Gasteiger partial charge in [-0.05, 0) is 5.56 Å². The summed E-state index contributed by atoms with van der Waals surface area (Å²) in [5.41, 5.74) is 0.877. The Hall–Kier alpha value is -0.00364. The van der Waals surface area contributed by atoms with E-state index in [1.165, 1.54) is 0 Å². The van der Waals surface area contributed by atoms with Crippen molar-refractivity contribution < 1.29 is 61.0 Å². The number of hydrogen-bond acceptors (Lipinski definition) is 2. The summed E-state index contributed by atoms with van der Waals surface area (Å²) in [5.74, 6) is -0.955. The molecule has 0 bridgehead atoms. The fourth-order valence-corrected chi connectivity index (χ4v) is 1.45. The van der Waals surface area contributed by atoms with E-state index in [1.54, 1.807) is 0 Å². The van der Waals surface area contributed by atoms with E-state index in [1.807, 2.05) is 30.3 Å². The van der Waals surface area contributed by atoms with Crippen LogP contribution in [-0.4, -0.2) is 11.8 Å². The molecule has 2 rings (SSSR count). The molecule has 1 fully saturated rings. The Kier molecular flexibility index (Phi) is 4.47. The molecule has 0 aliphatic carbocycles. The largest absolute Gasteiger partial charge is 1.00 e. The number of carbonyl (C=O) groups excluding carboxylic acids is 2. The van der Waals surface area contributed by atoms with Gasteiger partial charge in [0.25, 0.3) is 0 Å². The minimum Gasteiger partial charge on any atom is -0.595 e. The summed E-state index contributed by atoms with van der Waals surface area (Å²) in [6.07, 6.45) is 0.225. The molecule has 0 radical (unpaired) electrons. The molecule has 66 valence electrons. The van der Waals surface area contributed by atoms with Crippen LogP contribution in [0.15, 0.2) is 30.3 Å². The maximum Gasteiger partial charge on any atom is 1.00 e. The molecule has 1 aliphatic heterocycles. The first kappa shape index (κ1) is 12.1. The van der Waals surface area contributed by atoms with Crippen LogP contribution in [0.5, 0.6) is 0 Å². The van der Waals surface area contributed by atoms with E-state index in [9.17, 15) is 9.59 Å². The fraction of sp³-hybridized carbons (Fsp3) is 0.200. The van der Waals surface area contributed by atoms with Crippen molar-refractivity contribution in [3.05, 3.63) is 41.2 Å². The zero-order chi connectivity index (χ0) is 9.26. The molecule has 2 amide bonds. The minimum absolute atomic E-state index is 0. The molecule has 0 spiro atoms. The number of amides is 2. The SMILES string of the molecule is O=C1CC(c2ccccc2)C(=O)[N-]1.[K+]. The zero-order valence-electron chi connectivity index (χ0n) is 7.93. The fourth-order valence-electron chi connectivity index (χ4n) is 1.45. The summed E-state index contributed by atoms with van der Waals surface area (Å²) in [7, 11) is 0. The van der Waals surface area contributed by atoms with Gasteiger partial charge in [-0.2, -0.15) is 0 Å². The maximum absolute atomic E-state index is 11.2. The van der Waals surface area contributed by atoms with Crippen LogP contribution >= 0.6 is 0 Å². The number of benzene rings is 1. The Morgan fingerprint density at radius 1 is 1.14 bits per heavy atom. The molecule has 0 aromatic heterocycles. The van der Waals surface area contributed by atoms with Gasteiger partial charge in [0.2, 0.25) is 0 Å². The van der Waals surface area contributed by atoms with Crippen LogP contribution in [0.25, 0.3) is 5.32 Å². The van der Waals surface area contributed by atoms with E-state index in [4.69, 9.17) is 0 Å². The molecule has 14 heavy (non-hydrogen) atoms. The van der Waals surface area contributed by atoms with Crippen molar-refractivity contribution in [2.24, 2.45) is 0 Å². The van der Waals surface area contributed by atoms with Gasteiger partial charge in [-0.1, -0.05) is 30.3 Å². The predicted molar refractivity (Wildman–Crippen MR) is 47.2 cm³/mol. The molecule has 0 N–H and O–H groups in total. The van der Waals surface area contributed by atoms with Crippen LogP contribution in [0.4, 0.5) is 0 Å². The summed E-state index contributed by atoms with van der Waals surface area (Å²) in [5, 5.41) is 3.37. The summed E-state index contributed by atoms with van der Waals surface area (Å²) in [4.78, 5) is 22.0. The van der Waals surface area contributed by atoms with Crippen molar-refractivity contribution >= 4 is 11.8 Å². The Morgan fingerprint density at radius 2 is 1.79 bits per heavy atom. The van der Waals surface area contributed by atoms with E-state index in [0.717, 1.165) is 5.56 Å². The Bertz CT molecular complexity index is 350. The van der Waals surface area contributed by atoms with Gasteiger partial charge in [0.05, 0.1) is 11.8 Å². The predicted octanol–water partition coefficient (Wildman–Crippen LogP) is -1.40. The second-order valence-electron chi connectivity index (χ2n) is 3.01. The van der Waals surface area contributed by atoms with Gasteiger partial charge < -0.3 is 14.9 Å². The van der Waals surface area contributed by atoms with Gasteiger partial charge >= 0.3 is 51.4 Å². The number of carbonyl (C=O) groups is 2. The quantitative estimate of drug-likeness (QED) is 0.426. The van der Waals surface area contributed by atoms with Gasteiger partial charge in [0, 0.05) is 12.3 Å². The standard InChI is InChI=1S/C10H9NO2.K/c12-9-6-8(10(13)11-9)7-4-2-1-3-5-7;/h1-5,8H,6H2,(H,11,12,13);/q;+1/p-1. The molecule has 1 heterocycles. The molecular weight excluding hydrogens is 205 g/mol. The smallest absolute Gasteiger partial charge is 0.595 e. The van der Waals surface area contributed by atoms with E-state index >= 15 is 0 Å². The molecule has 1 aromatic rings.